The molecule has 1 saturated heterocycles. The number of unbranched alkanes of at least 4 members (excludes halogenated alkanes) is 10. The molecule has 1 aromatic carbocycles. The highest BCUT2D eigenvalue weighted by Gasteiger charge is 2.51. The number of urea groups is 1. The Hall–Kier alpha value is -1.88. The minimum absolute atomic E-state index is 0.114. The Morgan fingerprint density at radius 2 is 1.27 bits per heavy atom. The quantitative estimate of drug-likeness (QED) is 0.194. The molecule has 1 heterocycles. The number of nitrogens with one attached hydrogen (secondary N) is 1. The van der Waals surface area contributed by atoms with E-state index in [0.29, 0.717) is 13.1 Å². The fourth-order valence-corrected chi connectivity index (χ4v) is 4.80. The van der Waals surface area contributed by atoms with Crippen LogP contribution in [-0.2, 0) is 10.3 Å². The molecule has 2 rings (SSSR count). The molecule has 5 heteroatoms. The molecule has 0 radical (unpaired) electrons. The second-order valence-electron chi connectivity index (χ2n) is 9.58. The summed E-state index contributed by atoms with van der Waals surface area (Å²) < 4.78 is 0. The van der Waals surface area contributed by atoms with E-state index in [2.05, 4.69) is 24.1 Å². The SMILES string of the molecule is CCCCCCCCN(CCCCCCCC)CN1C(=O)NC(CC)(c2ccccc2)C1=O. The minimum Gasteiger partial charge on any atom is -0.319 e. The topological polar surface area (TPSA) is 52.6 Å². The van der Waals surface area contributed by atoms with Gasteiger partial charge >= 0.3 is 6.03 Å². The molecule has 1 atom stereocenters. The molecule has 0 saturated carbocycles. The maximum absolute atomic E-state index is 13.5. The molecule has 0 aromatic heterocycles. The fourth-order valence-electron chi connectivity index (χ4n) is 4.80. The van der Waals surface area contributed by atoms with Crippen LogP contribution in [-0.4, -0.2) is 41.5 Å². The van der Waals surface area contributed by atoms with Crippen LogP contribution in [0.25, 0.3) is 0 Å². The van der Waals surface area contributed by atoms with Crippen LogP contribution in [0, 0.1) is 0 Å². The lowest BCUT2D eigenvalue weighted by molar-refractivity contribution is -0.133. The highest BCUT2D eigenvalue weighted by atomic mass is 16.2. The van der Waals surface area contributed by atoms with Gasteiger partial charge in [-0.25, -0.2) is 9.69 Å². The summed E-state index contributed by atoms with van der Waals surface area (Å²) in [6, 6.07) is 9.41. The Labute approximate surface area is 202 Å². The average Bonchev–Trinajstić information content (AvgIpc) is 3.08. The van der Waals surface area contributed by atoms with E-state index >= 15 is 0 Å². The first kappa shape index (κ1) is 27.4. The van der Waals surface area contributed by atoms with E-state index in [1.807, 2.05) is 37.3 Å². The maximum atomic E-state index is 13.5. The predicted octanol–water partition coefficient (Wildman–Crippen LogP) is 6.82. The van der Waals surface area contributed by atoms with Gasteiger partial charge in [0.2, 0.25) is 0 Å². The lowest BCUT2D eigenvalue weighted by Gasteiger charge is -2.28. The zero-order valence-corrected chi connectivity index (χ0v) is 21.4. The summed E-state index contributed by atoms with van der Waals surface area (Å²) in [4.78, 5) is 30.2. The lowest BCUT2D eigenvalue weighted by atomic mass is 9.87. The summed E-state index contributed by atoms with van der Waals surface area (Å²) in [5, 5.41) is 3.03. The molecule has 33 heavy (non-hydrogen) atoms. The molecule has 0 spiro atoms. The van der Waals surface area contributed by atoms with Crippen LogP contribution < -0.4 is 5.32 Å². The average molecular weight is 458 g/mol. The number of amides is 3. The molecule has 3 amide bonds. The number of hydrogen-bond donors (Lipinski definition) is 1. The molecular formula is C28H47N3O2. The first-order chi connectivity index (χ1) is 16.1. The van der Waals surface area contributed by atoms with Crippen molar-refractivity contribution < 1.29 is 9.59 Å². The van der Waals surface area contributed by atoms with Gasteiger partial charge in [0.15, 0.2) is 0 Å². The number of hydrogen-bond acceptors (Lipinski definition) is 3. The van der Waals surface area contributed by atoms with E-state index in [1.54, 1.807) is 0 Å². The third kappa shape index (κ3) is 8.13. The van der Waals surface area contributed by atoms with E-state index in [1.165, 1.54) is 69.1 Å². The van der Waals surface area contributed by atoms with Crippen LogP contribution in [0.1, 0.15) is 110 Å². The predicted molar refractivity (Wildman–Crippen MR) is 137 cm³/mol. The molecule has 1 unspecified atom stereocenters. The van der Waals surface area contributed by atoms with Crippen molar-refractivity contribution in [3.63, 3.8) is 0 Å². The zero-order chi connectivity index (χ0) is 23.9. The number of imide groups is 1. The Balaban J connectivity index is 1.98. The van der Waals surface area contributed by atoms with E-state index in [0.717, 1.165) is 31.5 Å². The standard InChI is InChI=1S/C28H47N3O2/c1-4-7-9-11-13-18-22-30(23-19-14-12-10-8-5-2)24-31-26(32)28(6-3,29-27(31)33)25-20-16-15-17-21-25/h15-17,20-21H,4-14,18-19,22-24H2,1-3H3,(H,29,33). The normalized spacial score (nSPS) is 18.4. The molecule has 1 aliphatic heterocycles. The summed E-state index contributed by atoms with van der Waals surface area (Å²) in [6.45, 7) is 8.74. The molecule has 1 aromatic rings. The second-order valence-corrected chi connectivity index (χ2v) is 9.58. The van der Waals surface area contributed by atoms with Crippen molar-refractivity contribution in [3.05, 3.63) is 35.9 Å². The highest BCUT2D eigenvalue weighted by Crippen LogP contribution is 2.32. The Kier molecular flexibility index (Phi) is 12.5. The zero-order valence-electron chi connectivity index (χ0n) is 21.4. The van der Waals surface area contributed by atoms with Crippen molar-refractivity contribution in [1.29, 1.82) is 0 Å². The summed E-state index contributed by atoms with van der Waals surface area (Å²) in [5.74, 6) is -0.114. The van der Waals surface area contributed by atoms with Gasteiger partial charge in [-0.2, -0.15) is 0 Å². The third-order valence-corrected chi connectivity index (χ3v) is 6.97. The third-order valence-electron chi connectivity index (χ3n) is 6.97. The first-order valence-electron chi connectivity index (χ1n) is 13.5. The molecule has 1 N–H and O–H groups in total. The molecular weight excluding hydrogens is 410 g/mol. The van der Waals surface area contributed by atoms with Gasteiger partial charge in [0, 0.05) is 0 Å². The van der Waals surface area contributed by atoms with Gasteiger partial charge in [0.05, 0.1) is 6.67 Å². The molecule has 1 fully saturated rings. The number of carbonyl (C=O) groups excluding carboxylic acids is 2. The van der Waals surface area contributed by atoms with Crippen LogP contribution in [0.5, 0.6) is 0 Å². The summed E-state index contributed by atoms with van der Waals surface area (Å²) in [5.41, 5.74) is -0.0728. The maximum Gasteiger partial charge on any atom is 0.326 e. The number of benzene rings is 1. The van der Waals surface area contributed by atoms with Crippen LogP contribution in [0.3, 0.4) is 0 Å². The van der Waals surface area contributed by atoms with E-state index in [4.69, 9.17) is 0 Å². The summed E-state index contributed by atoms with van der Waals surface area (Å²) in [6.07, 6.45) is 15.5. The Morgan fingerprint density at radius 3 is 1.79 bits per heavy atom. The molecule has 0 bridgehead atoms. The van der Waals surface area contributed by atoms with Crippen LogP contribution in [0.2, 0.25) is 0 Å². The summed E-state index contributed by atoms with van der Waals surface area (Å²) >= 11 is 0. The van der Waals surface area contributed by atoms with Crippen LogP contribution in [0.15, 0.2) is 30.3 Å². The van der Waals surface area contributed by atoms with Gasteiger partial charge in [0.1, 0.15) is 5.54 Å². The van der Waals surface area contributed by atoms with Crippen molar-refractivity contribution >= 4 is 11.9 Å². The molecule has 0 aliphatic carbocycles. The molecule has 186 valence electrons. The summed E-state index contributed by atoms with van der Waals surface area (Å²) in [7, 11) is 0. The molecule has 5 nitrogen and oxygen atoms in total. The number of rotatable bonds is 18. The monoisotopic (exact) mass is 457 g/mol. The second kappa shape index (κ2) is 15.1. The fraction of sp³-hybridized carbons (Fsp3) is 0.714. The van der Waals surface area contributed by atoms with Gasteiger partial charge in [-0.1, -0.05) is 115 Å². The van der Waals surface area contributed by atoms with Gasteiger partial charge in [-0.3, -0.25) is 9.69 Å². The van der Waals surface area contributed by atoms with Gasteiger partial charge in [0.25, 0.3) is 5.91 Å². The highest BCUT2D eigenvalue weighted by molar-refractivity contribution is 6.07. The Morgan fingerprint density at radius 1 is 0.758 bits per heavy atom. The smallest absolute Gasteiger partial charge is 0.319 e. The lowest BCUT2D eigenvalue weighted by Crippen LogP contribution is -2.45. The van der Waals surface area contributed by atoms with Crippen molar-refractivity contribution in [2.75, 3.05) is 19.8 Å². The van der Waals surface area contributed by atoms with Crippen molar-refractivity contribution in [3.8, 4) is 0 Å². The van der Waals surface area contributed by atoms with E-state index < -0.39 is 5.54 Å². The Bertz CT molecular complexity index is 678. The van der Waals surface area contributed by atoms with Gasteiger partial charge < -0.3 is 5.32 Å². The van der Waals surface area contributed by atoms with Crippen molar-refractivity contribution in [2.45, 2.75) is 110 Å². The minimum atomic E-state index is -0.940. The van der Waals surface area contributed by atoms with Crippen LogP contribution >= 0.6 is 0 Å². The van der Waals surface area contributed by atoms with Crippen molar-refractivity contribution in [1.82, 2.24) is 15.1 Å². The van der Waals surface area contributed by atoms with Crippen LogP contribution in [0.4, 0.5) is 4.79 Å². The van der Waals surface area contributed by atoms with E-state index in [9.17, 15) is 9.59 Å². The van der Waals surface area contributed by atoms with Gasteiger partial charge in [-0.15, -0.1) is 0 Å². The van der Waals surface area contributed by atoms with Crippen molar-refractivity contribution in [2.24, 2.45) is 0 Å². The number of carbonyl (C=O) groups is 2. The van der Waals surface area contributed by atoms with Gasteiger partial charge in [-0.05, 0) is 37.9 Å². The molecule has 1 aliphatic rings. The largest absolute Gasteiger partial charge is 0.326 e. The van der Waals surface area contributed by atoms with E-state index in [-0.39, 0.29) is 11.9 Å². The number of nitrogens with zero attached hydrogens (tertiary/aromatic N) is 2. The first-order valence-corrected chi connectivity index (χ1v) is 13.5.